The number of rotatable bonds is 3. The van der Waals surface area contributed by atoms with Gasteiger partial charge in [0, 0.05) is 11.3 Å². The molecule has 1 aliphatic heterocycles. The number of hydrogen-bond acceptors (Lipinski definition) is 5. The van der Waals surface area contributed by atoms with Crippen LogP contribution in [-0.2, 0) is 13.6 Å². The number of nitrogens with zero attached hydrogens (tertiary/aromatic N) is 4. The van der Waals surface area contributed by atoms with Gasteiger partial charge in [-0.3, -0.25) is 0 Å². The zero-order valence-electron chi connectivity index (χ0n) is 8.47. The zero-order valence-corrected chi connectivity index (χ0v) is 9.29. The van der Waals surface area contributed by atoms with Gasteiger partial charge in [0.15, 0.2) is 5.82 Å². The number of thioether (sulfide) groups is 1. The first-order chi connectivity index (χ1) is 6.75. The molecule has 78 valence electrons. The first-order valence-corrected chi connectivity index (χ1v) is 5.88. The Balaban J connectivity index is 1.82. The Labute approximate surface area is 87.6 Å². The summed E-state index contributed by atoms with van der Waals surface area (Å²) in [6, 6.07) is 0.601. The fourth-order valence-corrected chi connectivity index (χ4v) is 2.84. The number of aromatic nitrogens is 4. The standard InChI is InChI=1S/C8H15N5S/c1-6-7(3-4-14-6)9-5-8-10-12-13(2)11-8/h6-7,9H,3-5H2,1-2H3. The van der Waals surface area contributed by atoms with Crippen molar-refractivity contribution in [1.82, 2.24) is 25.5 Å². The van der Waals surface area contributed by atoms with E-state index < -0.39 is 0 Å². The van der Waals surface area contributed by atoms with Gasteiger partial charge in [0.25, 0.3) is 0 Å². The summed E-state index contributed by atoms with van der Waals surface area (Å²) in [7, 11) is 1.78. The van der Waals surface area contributed by atoms with Crippen LogP contribution in [0.2, 0.25) is 0 Å². The summed E-state index contributed by atoms with van der Waals surface area (Å²) in [4.78, 5) is 1.49. The van der Waals surface area contributed by atoms with Gasteiger partial charge in [-0.1, -0.05) is 6.92 Å². The predicted octanol–water partition coefficient (Wildman–Crippen LogP) is 0.194. The van der Waals surface area contributed by atoms with Crippen LogP contribution in [0, 0.1) is 0 Å². The molecule has 1 fully saturated rings. The van der Waals surface area contributed by atoms with E-state index in [4.69, 9.17) is 0 Å². The molecule has 0 saturated carbocycles. The second-order valence-electron chi connectivity index (χ2n) is 3.55. The van der Waals surface area contributed by atoms with Gasteiger partial charge in [0.05, 0.1) is 13.6 Å². The minimum atomic E-state index is 0.601. The molecule has 6 heteroatoms. The van der Waals surface area contributed by atoms with Crippen molar-refractivity contribution in [2.24, 2.45) is 7.05 Å². The van der Waals surface area contributed by atoms with Crippen LogP contribution in [0.25, 0.3) is 0 Å². The molecule has 2 rings (SSSR count). The normalized spacial score (nSPS) is 27.0. The van der Waals surface area contributed by atoms with E-state index in [1.165, 1.54) is 17.0 Å². The van der Waals surface area contributed by atoms with Crippen molar-refractivity contribution in [2.45, 2.75) is 31.2 Å². The molecular formula is C8H15N5S. The topological polar surface area (TPSA) is 55.6 Å². The third-order valence-corrected chi connectivity index (χ3v) is 3.77. The molecular weight excluding hydrogens is 198 g/mol. The maximum atomic E-state index is 4.12. The lowest BCUT2D eigenvalue weighted by Gasteiger charge is -2.14. The fraction of sp³-hybridized carbons (Fsp3) is 0.875. The van der Waals surface area contributed by atoms with Crippen molar-refractivity contribution in [3.05, 3.63) is 5.82 Å². The van der Waals surface area contributed by atoms with Gasteiger partial charge < -0.3 is 5.32 Å². The Hall–Kier alpha value is -0.620. The third kappa shape index (κ3) is 2.24. The lowest BCUT2D eigenvalue weighted by atomic mass is 10.2. The van der Waals surface area contributed by atoms with Crippen molar-refractivity contribution in [1.29, 1.82) is 0 Å². The summed E-state index contributed by atoms with van der Waals surface area (Å²) in [5.74, 6) is 2.03. The molecule has 2 atom stereocenters. The maximum Gasteiger partial charge on any atom is 0.188 e. The molecule has 0 bridgehead atoms. The van der Waals surface area contributed by atoms with Crippen LogP contribution in [0.5, 0.6) is 0 Å². The molecule has 1 N–H and O–H groups in total. The SMILES string of the molecule is CC1SCCC1NCc1nnn(C)n1. The number of aryl methyl sites for hydroxylation is 1. The lowest BCUT2D eigenvalue weighted by molar-refractivity contribution is 0.502. The van der Waals surface area contributed by atoms with Crippen molar-refractivity contribution < 1.29 is 0 Å². The molecule has 2 unspecified atom stereocenters. The summed E-state index contributed by atoms with van der Waals surface area (Å²) >= 11 is 2.02. The van der Waals surface area contributed by atoms with E-state index in [-0.39, 0.29) is 0 Å². The van der Waals surface area contributed by atoms with Crippen LogP contribution in [0.3, 0.4) is 0 Å². The Morgan fingerprint density at radius 2 is 2.50 bits per heavy atom. The molecule has 0 aromatic carbocycles. The lowest BCUT2D eigenvalue weighted by Crippen LogP contribution is -2.33. The van der Waals surface area contributed by atoms with Crippen LogP contribution in [-0.4, -0.2) is 37.3 Å². The van der Waals surface area contributed by atoms with Crippen molar-refractivity contribution >= 4 is 11.8 Å². The van der Waals surface area contributed by atoms with Crippen LogP contribution in [0.1, 0.15) is 19.2 Å². The number of hydrogen-bond donors (Lipinski definition) is 1. The zero-order chi connectivity index (χ0) is 9.97. The Morgan fingerprint density at radius 1 is 1.64 bits per heavy atom. The van der Waals surface area contributed by atoms with Crippen molar-refractivity contribution in [2.75, 3.05) is 5.75 Å². The third-order valence-electron chi connectivity index (χ3n) is 2.45. The Bertz CT molecular complexity index is 300. The van der Waals surface area contributed by atoms with E-state index in [9.17, 15) is 0 Å². The average Bonchev–Trinajstić information content (AvgIpc) is 2.72. The van der Waals surface area contributed by atoms with Crippen molar-refractivity contribution in [3.63, 3.8) is 0 Å². The highest BCUT2D eigenvalue weighted by Crippen LogP contribution is 2.26. The minimum Gasteiger partial charge on any atom is -0.306 e. The highest BCUT2D eigenvalue weighted by Gasteiger charge is 2.23. The van der Waals surface area contributed by atoms with E-state index in [0.29, 0.717) is 11.3 Å². The fourth-order valence-electron chi connectivity index (χ4n) is 1.62. The van der Waals surface area contributed by atoms with E-state index in [2.05, 4.69) is 27.7 Å². The largest absolute Gasteiger partial charge is 0.306 e. The molecule has 0 spiro atoms. The highest BCUT2D eigenvalue weighted by molar-refractivity contribution is 8.00. The van der Waals surface area contributed by atoms with E-state index in [0.717, 1.165) is 12.4 Å². The van der Waals surface area contributed by atoms with Crippen LogP contribution in [0.15, 0.2) is 0 Å². The van der Waals surface area contributed by atoms with Gasteiger partial charge in [-0.05, 0) is 17.4 Å². The molecule has 1 aromatic rings. The summed E-state index contributed by atoms with van der Waals surface area (Å²) in [5.41, 5.74) is 0. The second kappa shape index (κ2) is 4.27. The number of tetrazole rings is 1. The molecule has 1 aliphatic rings. The Kier molecular flexibility index (Phi) is 3.02. The van der Waals surface area contributed by atoms with Crippen LogP contribution in [0.4, 0.5) is 0 Å². The predicted molar refractivity (Wildman–Crippen MR) is 56.0 cm³/mol. The molecule has 0 amide bonds. The molecule has 5 nitrogen and oxygen atoms in total. The van der Waals surface area contributed by atoms with Crippen molar-refractivity contribution in [3.8, 4) is 0 Å². The molecule has 14 heavy (non-hydrogen) atoms. The maximum absolute atomic E-state index is 4.12. The molecule has 0 radical (unpaired) electrons. The Morgan fingerprint density at radius 3 is 3.07 bits per heavy atom. The van der Waals surface area contributed by atoms with Crippen LogP contribution >= 0.6 is 11.8 Å². The van der Waals surface area contributed by atoms with E-state index in [1.807, 2.05) is 11.8 Å². The van der Waals surface area contributed by atoms with Gasteiger partial charge >= 0.3 is 0 Å². The highest BCUT2D eigenvalue weighted by atomic mass is 32.2. The van der Waals surface area contributed by atoms with Gasteiger partial charge in [-0.25, -0.2) is 0 Å². The van der Waals surface area contributed by atoms with Gasteiger partial charge in [-0.15, -0.1) is 10.2 Å². The quantitative estimate of drug-likeness (QED) is 0.777. The van der Waals surface area contributed by atoms with Gasteiger partial charge in [0.1, 0.15) is 0 Å². The number of nitrogens with one attached hydrogen (secondary N) is 1. The van der Waals surface area contributed by atoms with E-state index in [1.54, 1.807) is 7.05 Å². The first-order valence-electron chi connectivity index (χ1n) is 4.83. The monoisotopic (exact) mass is 213 g/mol. The molecule has 1 saturated heterocycles. The summed E-state index contributed by atoms with van der Waals surface area (Å²) in [6.07, 6.45) is 1.24. The average molecular weight is 213 g/mol. The second-order valence-corrected chi connectivity index (χ2v) is 5.03. The van der Waals surface area contributed by atoms with E-state index >= 15 is 0 Å². The summed E-state index contributed by atoms with van der Waals surface area (Å²) in [6.45, 7) is 2.99. The molecule has 1 aromatic heterocycles. The summed E-state index contributed by atoms with van der Waals surface area (Å²) in [5, 5.41) is 16.0. The summed E-state index contributed by atoms with van der Waals surface area (Å²) < 4.78 is 0. The van der Waals surface area contributed by atoms with Crippen LogP contribution < -0.4 is 5.32 Å². The minimum absolute atomic E-state index is 0.601. The first kappa shape index (κ1) is 9.92. The molecule has 2 heterocycles. The molecule has 0 aliphatic carbocycles. The van der Waals surface area contributed by atoms with Gasteiger partial charge in [-0.2, -0.15) is 16.6 Å². The smallest absolute Gasteiger partial charge is 0.188 e. The van der Waals surface area contributed by atoms with Gasteiger partial charge in [0.2, 0.25) is 0 Å².